The highest BCUT2D eigenvalue weighted by Gasteiger charge is 2.31. The van der Waals surface area contributed by atoms with E-state index in [1.165, 1.54) is 0 Å². The van der Waals surface area contributed by atoms with Crippen LogP contribution in [0.2, 0.25) is 10.0 Å². The van der Waals surface area contributed by atoms with Crippen molar-refractivity contribution in [2.75, 3.05) is 6.54 Å². The second kappa shape index (κ2) is 10.2. The predicted molar refractivity (Wildman–Crippen MR) is 126 cm³/mol. The fraction of sp³-hybridized carbons (Fsp3) is 0.280. The van der Waals surface area contributed by atoms with Gasteiger partial charge in [-0.25, -0.2) is 4.98 Å². The maximum Gasteiger partial charge on any atom is 0.263 e. The van der Waals surface area contributed by atoms with Crippen LogP contribution in [0.1, 0.15) is 43.7 Å². The number of carbonyl (C=O) groups is 1. The number of aromatic nitrogens is 1. The van der Waals surface area contributed by atoms with Crippen LogP contribution in [0.25, 0.3) is 0 Å². The molecule has 3 rings (SSSR count). The molecule has 2 atom stereocenters. The van der Waals surface area contributed by atoms with Crippen molar-refractivity contribution in [1.82, 2.24) is 10.3 Å². The van der Waals surface area contributed by atoms with E-state index in [4.69, 9.17) is 27.9 Å². The number of pyridine rings is 1. The van der Waals surface area contributed by atoms with Crippen LogP contribution in [-0.2, 0) is 4.79 Å². The Morgan fingerprint density at radius 2 is 1.55 bits per heavy atom. The van der Waals surface area contributed by atoms with Crippen LogP contribution in [-0.4, -0.2) is 23.0 Å². The topological polar surface area (TPSA) is 51.2 Å². The number of amides is 1. The number of nitrogens with one attached hydrogen (secondary N) is 1. The maximum absolute atomic E-state index is 13.0. The first kappa shape index (κ1) is 23.1. The molecule has 6 heteroatoms. The van der Waals surface area contributed by atoms with Crippen LogP contribution in [0.3, 0.4) is 0 Å². The van der Waals surface area contributed by atoms with Gasteiger partial charge in [-0.3, -0.25) is 4.79 Å². The van der Waals surface area contributed by atoms with Gasteiger partial charge in [0.1, 0.15) is 0 Å². The van der Waals surface area contributed by atoms with Gasteiger partial charge >= 0.3 is 0 Å². The number of carbonyl (C=O) groups excluding carboxylic acids is 1. The van der Waals surface area contributed by atoms with Gasteiger partial charge < -0.3 is 10.1 Å². The minimum Gasteiger partial charge on any atom is -0.462 e. The van der Waals surface area contributed by atoms with Gasteiger partial charge in [-0.05, 0) is 61.2 Å². The Hall–Kier alpha value is -2.56. The molecule has 3 aromatic rings. The second-order valence-electron chi connectivity index (χ2n) is 7.99. The minimum absolute atomic E-state index is 0.0352. The summed E-state index contributed by atoms with van der Waals surface area (Å²) >= 11 is 12.1. The number of hydrogen-bond acceptors (Lipinski definition) is 3. The number of halogens is 2. The predicted octanol–water partition coefficient (Wildman–Crippen LogP) is 6.25. The van der Waals surface area contributed by atoms with Gasteiger partial charge in [0.15, 0.2) is 5.60 Å². The molecule has 0 aliphatic heterocycles. The Kier molecular flexibility index (Phi) is 7.58. The zero-order chi connectivity index (χ0) is 22.4. The average molecular weight is 457 g/mol. The van der Waals surface area contributed by atoms with Crippen LogP contribution in [0.15, 0.2) is 72.9 Å². The molecule has 1 aromatic heterocycles. The summed E-state index contributed by atoms with van der Waals surface area (Å²) in [4.78, 5) is 17.1. The van der Waals surface area contributed by atoms with E-state index in [-0.39, 0.29) is 17.7 Å². The minimum atomic E-state index is -1.07. The van der Waals surface area contributed by atoms with Crippen LogP contribution < -0.4 is 10.1 Å². The quantitative estimate of drug-likeness (QED) is 0.435. The first-order valence-corrected chi connectivity index (χ1v) is 10.9. The highest BCUT2D eigenvalue weighted by molar-refractivity contribution is 6.30. The third-order valence-corrected chi connectivity index (χ3v) is 5.83. The summed E-state index contributed by atoms with van der Waals surface area (Å²) in [6.07, 6.45) is 1.63. The molecule has 0 fully saturated rings. The third-order valence-electron chi connectivity index (χ3n) is 5.32. The Morgan fingerprint density at radius 1 is 0.968 bits per heavy atom. The zero-order valence-electron chi connectivity index (χ0n) is 17.8. The first-order chi connectivity index (χ1) is 14.8. The molecule has 0 aliphatic carbocycles. The number of ether oxygens (including phenoxy) is 1. The molecule has 1 N–H and O–H groups in total. The Bertz CT molecular complexity index is 990. The molecule has 0 aliphatic rings. The SMILES string of the molecule is CC(c1ccc(Cl)cc1)C(CNC(=O)C(C)(C)Oc1ccccn1)c1ccc(Cl)cc1. The molecule has 0 spiro atoms. The van der Waals surface area contributed by atoms with Gasteiger partial charge in [-0.15, -0.1) is 0 Å². The van der Waals surface area contributed by atoms with Crippen molar-refractivity contribution in [3.8, 4) is 5.88 Å². The first-order valence-electron chi connectivity index (χ1n) is 10.2. The molecule has 2 unspecified atom stereocenters. The monoisotopic (exact) mass is 456 g/mol. The lowest BCUT2D eigenvalue weighted by molar-refractivity contribution is -0.134. The summed E-state index contributed by atoms with van der Waals surface area (Å²) in [7, 11) is 0. The number of benzene rings is 2. The Labute approximate surface area is 193 Å². The van der Waals surface area contributed by atoms with Crippen molar-refractivity contribution in [2.45, 2.75) is 38.2 Å². The number of nitrogens with zero attached hydrogens (tertiary/aromatic N) is 1. The molecule has 1 amide bonds. The van der Waals surface area contributed by atoms with Crippen molar-refractivity contribution >= 4 is 29.1 Å². The smallest absolute Gasteiger partial charge is 0.263 e. The normalized spacial score (nSPS) is 13.3. The molecule has 31 heavy (non-hydrogen) atoms. The summed E-state index contributed by atoms with van der Waals surface area (Å²) in [6.45, 7) is 6.05. The van der Waals surface area contributed by atoms with E-state index in [2.05, 4.69) is 17.2 Å². The van der Waals surface area contributed by atoms with E-state index in [1.54, 1.807) is 32.2 Å². The second-order valence-corrected chi connectivity index (χ2v) is 8.86. The number of rotatable bonds is 8. The maximum atomic E-state index is 13.0. The summed E-state index contributed by atoms with van der Waals surface area (Å²) in [6, 6.07) is 20.9. The molecule has 162 valence electrons. The van der Waals surface area contributed by atoms with Gasteiger partial charge in [0, 0.05) is 34.8 Å². The van der Waals surface area contributed by atoms with Gasteiger partial charge in [0.25, 0.3) is 5.91 Å². The van der Waals surface area contributed by atoms with Crippen molar-refractivity contribution in [3.05, 3.63) is 94.1 Å². The Morgan fingerprint density at radius 3 is 2.10 bits per heavy atom. The molecule has 1 heterocycles. The van der Waals surface area contributed by atoms with Gasteiger partial charge in [-0.1, -0.05) is 60.5 Å². The lowest BCUT2D eigenvalue weighted by atomic mass is 9.82. The lowest BCUT2D eigenvalue weighted by Crippen LogP contribution is -2.48. The molecule has 0 bridgehead atoms. The van der Waals surface area contributed by atoms with Crippen LogP contribution in [0.4, 0.5) is 0 Å². The zero-order valence-corrected chi connectivity index (χ0v) is 19.3. The van der Waals surface area contributed by atoms with E-state index in [9.17, 15) is 4.79 Å². The van der Waals surface area contributed by atoms with Gasteiger partial charge in [0.2, 0.25) is 5.88 Å². The third kappa shape index (κ3) is 6.22. The molecular formula is C25H26Cl2N2O2. The fourth-order valence-electron chi connectivity index (χ4n) is 3.42. The molecule has 0 saturated heterocycles. The highest BCUT2D eigenvalue weighted by atomic mass is 35.5. The van der Waals surface area contributed by atoms with E-state index < -0.39 is 5.60 Å². The van der Waals surface area contributed by atoms with Crippen molar-refractivity contribution in [2.24, 2.45) is 0 Å². The van der Waals surface area contributed by atoms with Crippen LogP contribution >= 0.6 is 23.2 Å². The average Bonchev–Trinajstić information content (AvgIpc) is 2.75. The molecule has 0 radical (unpaired) electrons. The summed E-state index contributed by atoms with van der Waals surface area (Å²) in [5.41, 5.74) is 1.17. The summed E-state index contributed by atoms with van der Waals surface area (Å²) < 4.78 is 5.82. The summed E-state index contributed by atoms with van der Waals surface area (Å²) in [5, 5.41) is 4.44. The Balaban J connectivity index is 1.77. The van der Waals surface area contributed by atoms with Crippen molar-refractivity contribution < 1.29 is 9.53 Å². The van der Waals surface area contributed by atoms with Crippen LogP contribution in [0.5, 0.6) is 5.88 Å². The van der Waals surface area contributed by atoms with E-state index in [0.29, 0.717) is 22.5 Å². The fourth-order valence-corrected chi connectivity index (χ4v) is 3.67. The van der Waals surface area contributed by atoms with Gasteiger partial charge in [-0.2, -0.15) is 0 Å². The van der Waals surface area contributed by atoms with E-state index in [0.717, 1.165) is 11.1 Å². The van der Waals surface area contributed by atoms with Crippen molar-refractivity contribution in [1.29, 1.82) is 0 Å². The molecule has 2 aromatic carbocycles. The highest BCUT2D eigenvalue weighted by Crippen LogP contribution is 2.33. The lowest BCUT2D eigenvalue weighted by Gasteiger charge is -2.29. The molecular weight excluding hydrogens is 431 g/mol. The number of hydrogen-bond donors (Lipinski definition) is 1. The molecule has 0 saturated carbocycles. The van der Waals surface area contributed by atoms with Gasteiger partial charge in [0.05, 0.1) is 0 Å². The van der Waals surface area contributed by atoms with E-state index >= 15 is 0 Å². The largest absolute Gasteiger partial charge is 0.462 e. The van der Waals surface area contributed by atoms with Crippen molar-refractivity contribution in [3.63, 3.8) is 0 Å². The van der Waals surface area contributed by atoms with E-state index in [1.807, 2.05) is 54.6 Å². The summed E-state index contributed by atoms with van der Waals surface area (Å²) in [5.74, 6) is 0.374. The van der Waals surface area contributed by atoms with Crippen LogP contribution in [0, 0.1) is 0 Å². The standard InChI is InChI=1S/C25H26Cl2N2O2/c1-17(18-7-11-20(26)12-8-18)22(19-9-13-21(27)14-10-19)16-29-24(30)25(2,3)31-23-6-4-5-15-28-23/h4-15,17,22H,16H2,1-3H3,(H,29,30). The molecule has 4 nitrogen and oxygen atoms in total.